The summed E-state index contributed by atoms with van der Waals surface area (Å²) in [6, 6.07) is 6.01. The van der Waals surface area contributed by atoms with Gasteiger partial charge in [0.1, 0.15) is 0 Å². The molecule has 1 N–H and O–H groups in total. The van der Waals surface area contributed by atoms with Gasteiger partial charge in [0, 0.05) is 28.3 Å². The first-order valence-electron chi connectivity index (χ1n) is 9.10. The average Bonchev–Trinajstić information content (AvgIpc) is 3.12. The van der Waals surface area contributed by atoms with Gasteiger partial charge in [-0.25, -0.2) is 0 Å². The van der Waals surface area contributed by atoms with Gasteiger partial charge in [0.05, 0.1) is 6.54 Å². The van der Waals surface area contributed by atoms with Gasteiger partial charge in [0.2, 0.25) is 11.8 Å². The van der Waals surface area contributed by atoms with Crippen molar-refractivity contribution in [1.29, 1.82) is 0 Å². The molecule has 2 fully saturated rings. The zero-order chi connectivity index (χ0) is 17.8. The van der Waals surface area contributed by atoms with Gasteiger partial charge in [-0.05, 0) is 92.0 Å². The number of carbonyl (C=O) groups excluding carboxylic acids is 2. The predicted molar refractivity (Wildman–Crippen MR) is 108 cm³/mol. The summed E-state index contributed by atoms with van der Waals surface area (Å²) in [6.45, 7) is 5.91. The number of rotatable bonds is 4. The van der Waals surface area contributed by atoms with E-state index in [0.717, 1.165) is 66.7 Å². The van der Waals surface area contributed by atoms with Crippen LogP contribution >= 0.6 is 22.6 Å². The molecule has 0 aromatic heterocycles. The van der Waals surface area contributed by atoms with E-state index in [2.05, 4.69) is 38.9 Å². The first kappa shape index (κ1) is 18.6. The number of hydrogen-bond acceptors (Lipinski definition) is 3. The zero-order valence-electron chi connectivity index (χ0n) is 14.8. The molecule has 0 saturated carbocycles. The summed E-state index contributed by atoms with van der Waals surface area (Å²) in [6.07, 6.45) is 4.02. The molecule has 2 heterocycles. The van der Waals surface area contributed by atoms with Crippen LogP contribution in [0.5, 0.6) is 0 Å². The minimum absolute atomic E-state index is 0.0219. The molecule has 25 heavy (non-hydrogen) atoms. The molecule has 0 unspecified atom stereocenters. The summed E-state index contributed by atoms with van der Waals surface area (Å²) in [4.78, 5) is 29.0. The lowest BCUT2D eigenvalue weighted by Crippen LogP contribution is -2.43. The molecular formula is C19H26IN3O2. The molecule has 1 aromatic rings. The predicted octanol–water partition coefficient (Wildman–Crippen LogP) is 2.87. The molecule has 136 valence electrons. The number of carbonyl (C=O) groups is 2. The number of likely N-dealkylation sites (tertiary alicyclic amines) is 2. The molecule has 0 bridgehead atoms. The number of nitrogens with zero attached hydrogens (tertiary/aromatic N) is 2. The van der Waals surface area contributed by atoms with Gasteiger partial charge in [0.25, 0.3) is 0 Å². The molecule has 3 rings (SSSR count). The molecular weight excluding hydrogens is 429 g/mol. The Bertz CT molecular complexity index is 636. The molecule has 2 saturated heterocycles. The third-order valence-corrected chi connectivity index (χ3v) is 5.86. The fourth-order valence-electron chi connectivity index (χ4n) is 3.69. The summed E-state index contributed by atoms with van der Waals surface area (Å²) < 4.78 is 1.16. The van der Waals surface area contributed by atoms with E-state index in [1.54, 1.807) is 0 Å². The summed E-state index contributed by atoms with van der Waals surface area (Å²) in [5.41, 5.74) is 1.96. The summed E-state index contributed by atoms with van der Waals surface area (Å²) in [5.74, 6) is 0.501. The number of aryl methyl sites for hydroxylation is 1. The second kappa shape index (κ2) is 8.49. The van der Waals surface area contributed by atoms with E-state index >= 15 is 0 Å². The Hall–Kier alpha value is -1.15. The van der Waals surface area contributed by atoms with Crippen LogP contribution < -0.4 is 5.32 Å². The van der Waals surface area contributed by atoms with Crippen molar-refractivity contribution in [2.75, 3.05) is 38.0 Å². The molecule has 2 amide bonds. The van der Waals surface area contributed by atoms with E-state index in [1.165, 1.54) is 0 Å². The standard InChI is InChI=1S/C19H26IN3O2/c1-14-12-16(20)4-5-17(14)21-18(24)13-22-10-6-15(7-11-22)19(25)23-8-2-3-9-23/h4-5,12,15H,2-3,6-11,13H2,1H3,(H,21,24). The molecule has 6 heteroatoms. The third kappa shape index (κ3) is 4.94. The first-order valence-corrected chi connectivity index (χ1v) is 10.2. The highest BCUT2D eigenvalue weighted by Crippen LogP contribution is 2.22. The normalized spacial score (nSPS) is 19.2. The molecule has 0 spiro atoms. The fourth-order valence-corrected chi connectivity index (χ4v) is 4.34. The van der Waals surface area contributed by atoms with E-state index in [9.17, 15) is 9.59 Å². The zero-order valence-corrected chi connectivity index (χ0v) is 16.9. The number of hydrogen-bond donors (Lipinski definition) is 1. The highest BCUT2D eigenvalue weighted by molar-refractivity contribution is 14.1. The van der Waals surface area contributed by atoms with Crippen LogP contribution in [-0.2, 0) is 9.59 Å². The maximum Gasteiger partial charge on any atom is 0.238 e. The maximum absolute atomic E-state index is 12.5. The largest absolute Gasteiger partial charge is 0.342 e. The highest BCUT2D eigenvalue weighted by Gasteiger charge is 2.30. The van der Waals surface area contributed by atoms with Crippen molar-refractivity contribution in [2.24, 2.45) is 5.92 Å². The fraction of sp³-hybridized carbons (Fsp3) is 0.579. The maximum atomic E-state index is 12.5. The van der Waals surface area contributed by atoms with Crippen molar-refractivity contribution in [3.63, 3.8) is 0 Å². The quantitative estimate of drug-likeness (QED) is 0.711. The second-order valence-electron chi connectivity index (χ2n) is 7.09. The number of anilines is 1. The monoisotopic (exact) mass is 455 g/mol. The van der Waals surface area contributed by atoms with Crippen LogP contribution in [0.2, 0.25) is 0 Å². The van der Waals surface area contributed by atoms with Crippen LogP contribution in [0.3, 0.4) is 0 Å². The van der Waals surface area contributed by atoms with E-state index in [1.807, 2.05) is 24.0 Å². The van der Waals surface area contributed by atoms with E-state index in [-0.39, 0.29) is 11.8 Å². The van der Waals surface area contributed by atoms with Gasteiger partial charge in [0.15, 0.2) is 0 Å². The first-order chi connectivity index (χ1) is 12.0. The third-order valence-electron chi connectivity index (χ3n) is 5.18. The van der Waals surface area contributed by atoms with Crippen LogP contribution in [0.1, 0.15) is 31.2 Å². The lowest BCUT2D eigenvalue weighted by Gasteiger charge is -2.32. The van der Waals surface area contributed by atoms with Crippen LogP contribution in [0, 0.1) is 16.4 Å². The van der Waals surface area contributed by atoms with E-state index in [0.29, 0.717) is 12.5 Å². The number of nitrogens with one attached hydrogen (secondary N) is 1. The Kier molecular flexibility index (Phi) is 6.33. The average molecular weight is 455 g/mol. The summed E-state index contributed by atoms with van der Waals surface area (Å²) in [5, 5.41) is 3.00. The summed E-state index contributed by atoms with van der Waals surface area (Å²) in [7, 11) is 0. The molecule has 0 radical (unpaired) electrons. The number of halogens is 1. The molecule has 0 aliphatic carbocycles. The Morgan fingerprint density at radius 2 is 1.84 bits per heavy atom. The number of amides is 2. The van der Waals surface area contributed by atoms with Crippen LogP contribution in [-0.4, -0.2) is 54.3 Å². The number of benzene rings is 1. The van der Waals surface area contributed by atoms with Crippen molar-refractivity contribution >= 4 is 40.1 Å². The molecule has 0 atom stereocenters. The van der Waals surface area contributed by atoms with Gasteiger partial charge in [-0.15, -0.1) is 0 Å². The second-order valence-corrected chi connectivity index (χ2v) is 8.34. The van der Waals surface area contributed by atoms with Gasteiger partial charge in [-0.1, -0.05) is 0 Å². The molecule has 2 aliphatic rings. The Morgan fingerprint density at radius 3 is 2.48 bits per heavy atom. The number of piperidine rings is 1. The lowest BCUT2D eigenvalue weighted by molar-refractivity contribution is -0.136. The van der Waals surface area contributed by atoms with Crippen molar-refractivity contribution in [3.8, 4) is 0 Å². The Labute approximate surface area is 163 Å². The minimum atomic E-state index is 0.0219. The van der Waals surface area contributed by atoms with Gasteiger partial charge < -0.3 is 10.2 Å². The lowest BCUT2D eigenvalue weighted by atomic mass is 9.95. The van der Waals surface area contributed by atoms with Crippen molar-refractivity contribution < 1.29 is 9.59 Å². The van der Waals surface area contributed by atoms with Crippen molar-refractivity contribution in [2.45, 2.75) is 32.6 Å². The van der Waals surface area contributed by atoms with E-state index in [4.69, 9.17) is 0 Å². The van der Waals surface area contributed by atoms with E-state index < -0.39 is 0 Å². The smallest absolute Gasteiger partial charge is 0.238 e. The Morgan fingerprint density at radius 1 is 1.16 bits per heavy atom. The molecule has 5 nitrogen and oxygen atoms in total. The summed E-state index contributed by atoms with van der Waals surface area (Å²) >= 11 is 2.27. The topological polar surface area (TPSA) is 52.7 Å². The minimum Gasteiger partial charge on any atom is -0.342 e. The van der Waals surface area contributed by atoms with Crippen LogP contribution in [0.25, 0.3) is 0 Å². The van der Waals surface area contributed by atoms with Gasteiger partial charge >= 0.3 is 0 Å². The highest BCUT2D eigenvalue weighted by atomic mass is 127. The van der Waals surface area contributed by atoms with Gasteiger partial charge in [-0.2, -0.15) is 0 Å². The van der Waals surface area contributed by atoms with Gasteiger partial charge in [-0.3, -0.25) is 14.5 Å². The van der Waals surface area contributed by atoms with Crippen LogP contribution in [0.15, 0.2) is 18.2 Å². The SMILES string of the molecule is Cc1cc(I)ccc1NC(=O)CN1CCC(C(=O)N2CCCC2)CC1. The van der Waals surface area contributed by atoms with Crippen molar-refractivity contribution in [1.82, 2.24) is 9.80 Å². The Balaban J connectivity index is 1.45. The van der Waals surface area contributed by atoms with Crippen molar-refractivity contribution in [3.05, 3.63) is 27.3 Å². The molecule has 2 aliphatic heterocycles. The van der Waals surface area contributed by atoms with Crippen LogP contribution in [0.4, 0.5) is 5.69 Å². The molecule has 1 aromatic carbocycles.